The monoisotopic (exact) mass is 306 g/mol. The molecule has 124 valence electrons. The molecule has 4 heteroatoms. The Kier molecular flexibility index (Phi) is 6.47. The Hall–Kier alpha value is -1.32. The van der Waals surface area contributed by atoms with Crippen molar-refractivity contribution in [3.05, 3.63) is 11.3 Å². The zero-order valence-electron chi connectivity index (χ0n) is 14.0. The Morgan fingerprint density at radius 1 is 0.955 bits per heavy atom. The summed E-state index contributed by atoms with van der Waals surface area (Å²) in [5.74, 6) is 0.592. The van der Waals surface area contributed by atoms with Crippen molar-refractivity contribution in [1.82, 2.24) is 5.32 Å². The minimum absolute atomic E-state index is 0.0744. The zero-order valence-corrected chi connectivity index (χ0v) is 14.0. The van der Waals surface area contributed by atoms with Crippen LogP contribution < -0.4 is 5.32 Å². The van der Waals surface area contributed by atoms with Crippen LogP contribution in [0.2, 0.25) is 0 Å². The Bertz CT molecular complexity index is 438. The van der Waals surface area contributed by atoms with Gasteiger partial charge in [-0.1, -0.05) is 38.5 Å². The van der Waals surface area contributed by atoms with Gasteiger partial charge in [0.1, 0.15) is 11.6 Å². The summed E-state index contributed by atoms with van der Waals surface area (Å²) >= 11 is 0. The smallest absolute Gasteiger partial charge is 0.166 e. The molecule has 2 aliphatic rings. The van der Waals surface area contributed by atoms with Crippen LogP contribution in [0, 0.1) is 0 Å². The normalized spacial score (nSPS) is 23.1. The first kappa shape index (κ1) is 17.0. The van der Waals surface area contributed by atoms with Crippen molar-refractivity contribution in [2.75, 3.05) is 0 Å². The quantitative estimate of drug-likeness (QED) is 0.356. The summed E-state index contributed by atoms with van der Waals surface area (Å²) in [7, 11) is 0. The van der Waals surface area contributed by atoms with Crippen LogP contribution in [-0.4, -0.2) is 28.8 Å². The maximum atomic E-state index is 12.0. The number of Topliss-reactive ketones (excluding diaryl/α,β-unsaturated/α-hetero) is 1. The molecular weight excluding hydrogens is 276 g/mol. The first-order valence-corrected chi connectivity index (χ1v) is 8.83. The molecule has 22 heavy (non-hydrogen) atoms. The van der Waals surface area contributed by atoms with Crippen LogP contribution in [0.4, 0.5) is 0 Å². The predicted octanol–water partition coefficient (Wildman–Crippen LogP) is 4.06. The third-order valence-corrected chi connectivity index (χ3v) is 4.78. The van der Waals surface area contributed by atoms with Gasteiger partial charge in [-0.15, -0.1) is 0 Å². The number of aliphatic imine (C=N–C) groups is 1. The molecule has 0 aromatic heterocycles. The van der Waals surface area contributed by atoms with Crippen LogP contribution in [-0.2, 0) is 4.79 Å². The van der Waals surface area contributed by atoms with Crippen LogP contribution in [0.5, 0.6) is 0 Å². The number of allylic oxidation sites excluding steroid dienone is 1. The van der Waals surface area contributed by atoms with E-state index in [2.05, 4.69) is 5.32 Å². The van der Waals surface area contributed by atoms with Gasteiger partial charge >= 0.3 is 0 Å². The van der Waals surface area contributed by atoms with Crippen molar-refractivity contribution in [1.29, 1.82) is 0 Å². The van der Waals surface area contributed by atoms with Crippen LogP contribution >= 0.6 is 0 Å². The van der Waals surface area contributed by atoms with Crippen molar-refractivity contribution >= 4 is 11.6 Å². The highest BCUT2D eigenvalue weighted by molar-refractivity contribution is 6.21. The van der Waals surface area contributed by atoms with Crippen LogP contribution in [0.15, 0.2) is 16.3 Å². The second kappa shape index (κ2) is 8.35. The van der Waals surface area contributed by atoms with E-state index in [1.807, 2.05) is 0 Å². The SMILES string of the molecule is CC(=O)C(C(=NC1CCCCC1)NC1CCCCC1)=C(C)O. The number of hydrogen-bond acceptors (Lipinski definition) is 3. The van der Waals surface area contributed by atoms with Gasteiger partial charge in [-0.3, -0.25) is 9.79 Å². The summed E-state index contributed by atoms with van der Waals surface area (Å²) in [5.41, 5.74) is 0.371. The summed E-state index contributed by atoms with van der Waals surface area (Å²) in [6.07, 6.45) is 11.9. The highest BCUT2D eigenvalue weighted by atomic mass is 16.3. The van der Waals surface area contributed by atoms with Crippen molar-refractivity contribution in [2.24, 2.45) is 4.99 Å². The number of nitrogens with zero attached hydrogens (tertiary/aromatic N) is 1. The van der Waals surface area contributed by atoms with E-state index in [4.69, 9.17) is 4.99 Å². The van der Waals surface area contributed by atoms with E-state index in [1.165, 1.54) is 45.4 Å². The second-order valence-electron chi connectivity index (χ2n) is 6.77. The predicted molar refractivity (Wildman–Crippen MR) is 90.3 cm³/mol. The number of ketones is 1. The van der Waals surface area contributed by atoms with Crippen LogP contribution in [0.3, 0.4) is 0 Å². The van der Waals surface area contributed by atoms with Crippen LogP contribution in [0.1, 0.15) is 78.1 Å². The molecule has 2 rings (SSSR count). The molecule has 0 atom stereocenters. The molecule has 2 fully saturated rings. The molecule has 0 heterocycles. The summed E-state index contributed by atoms with van der Waals surface area (Å²) in [5, 5.41) is 13.4. The fourth-order valence-corrected chi connectivity index (χ4v) is 3.60. The number of nitrogens with one attached hydrogen (secondary N) is 1. The standard InChI is InChI=1S/C18H30N2O2/c1-13(21)17(14(2)22)18(19-15-9-5-3-6-10-15)20-16-11-7-4-8-12-16/h15-16,21H,3-12H2,1-2H3,(H,19,20). The first-order chi connectivity index (χ1) is 10.6. The number of carbonyl (C=O) groups is 1. The van der Waals surface area contributed by atoms with E-state index in [1.54, 1.807) is 6.92 Å². The van der Waals surface area contributed by atoms with Crippen molar-refractivity contribution in [3.8, 4) is 0 Å². The van der Waals surface area contributed by atoms with Gasteiger partial charge < -0.3 is 10.4 Å². The van der Waals surface area contributed by atoms with E-state index in [0.717, 1.165) is 25.7 Å². The number of aliphatic hydroxyl groups excluding tert-OH is 1. The van der Waals surface area contributed by atoms with E-state index in [0.29, 0.717) is 17.5 Å². The third-order valence-electron chi connectivity index (χ3n) is 4.78. The van der Waals surface area contributed by atoms with E-state index in [-0.39, 0.29) is 17.6 Å². The molecule has 0 saturated heterocycles. The summed E-state index contributed by atoms with van der Waals surface area (Å²) in [6, 6.07) is 0.665. The molecule has 0 spiro atoms. The Labute approximate surface area is 134 Å². The second-order valence-corrected chi connectivity index (χ2v) is 6.77. The highest BCUT2D eigenvalue weighted by Gasteiger charge is 2.23. The van der Waals surface area contributed by atoms with E-state index >= 15 is 0 Å². The molecule has 0 bridgehead atoms. The molecule has 4 nitrogen and oxygen atoms in total. The molecule has 0 aromatic rings. The van der Waals surface area contributed by atoms with Gasteiger partial charge in [0.05, 0.1) is 11.6 Å². The molecule has 0 amide bonds. The van der Waals surface area contributed by atoms with Gasteiger partial charge in [-0.2, -0.15) is 0 Å². The molecule has 2 N–H and O–H groups in total. The number of amidine groups is 1. The maximum absolute atomic E-state index is 12.0. The zero-order chi connectivity index (χ0) is 15.9. The minimum Gasteiger partial charge on any atom is -0.512 e. The van der Waals surface area contributed by atoms with Gasteiger partial charge in [0.25, 0.3) is 0 Å². The van der Waals surface area contributed by atoms with Crippen LogP contribution in [0.25, 0.3) is 0 Å². The fourth-order valence-electron chi connectivity index (χ4n) is 3.60. The fraction of sp³-hybridized carbons (Fsp3) is 0.778. The largest absolute Gasteiger partial charge is 0.512 e. The summed E-state index contributed by atoms with van der Waals surface area (Å²) in [4.78, 5) is 16.8. The molecule has 0 radical (unpaired) electrons. The lowest BCUT2D eigenvalue weighted by atomic mass is 9.94. The number of rotatable bonds is 4. The summed E-state index contributed by atoms with van der Waals surface area (Å²) in [6.45, 7) is 3.09. The molecular formula is C18H30N2O2. The average Bonchev–Trinajstić information content (AvgIpc) is 2.48. The van der Waals surface area contributed by atoms with Gasteiger partial charge in [-0.05, 0) is 39.5 Å². The lowest BCUT2D eigenvalue weighted by molar-refractivity contribution is -0.113. The number of aliphatic hydroxyl groups is 1. The number of hydrogen-bond donors (Lipinski definition) is 2. The van der Waals surface area contributed by atoms with Crippen molar-refractivity contribution in [3.63, 3.8) is 0 Å². The number of carbonyl (C=O) groups excluding carboxylic acids is 1. The lowest BCUT2D eigenvalue weighted by Crippen LogP contribution is -2.39. The molecule has 0 unspecified atom stereocenters. The van der Waals surface area contributed by atoms with Gasteiger partial charge in [0.15, 0.2) is 5.78 Å². The maximum Gasteiger partial charge on any atom is 0.166 e. The molecule has 0 aromatic carbocycles. The van der Waals surface area contributed by atoms with Crippen molar-refractivity contribution in [2.45, 2.75) is 90.1 Å². The Balaban J connectivity index is 2.20. The Morgan fingerprint density at radius 2 is 1.50 bits per heavy atom. The topological polar surface area (TPSA) is 61.7 Å². The first-order valence-electron chi connectivity index (χ1n) is 8.83. The average molecular weight is 306 g/mol. The minimum atomic E-state index is -0.113. The summed E-state index contributed by atoms with van der Waals surface area (Å²) < 4.78 is 0. The van der Waals surface area contributed by atoms with Gasteiger partial charge in [-0.25, -0.2) is 0 Å². The van der Waals surface area contributed by atoms with E-state index < -0.39 is 0 Å². The van der Waals surface area contributed by atoms with Gasteiger partial charge in [0.2, 0.25) is 0 Å². The third kappa shape index (κ3) is 4.85. The molecule has 2 aliphatic carbocycles. The lowest BCUT2D eigenvalue weighted by Gasteiger charge is -2.27. The van der Waals surface area contributed by atoms with E-state index in [9.17, 15) is 9.90 Å². The highest BCUT2D eigenvalue weighted by Crippen LogP contribution is 2.23. The molecule has 0 aliphatic heterocycles. The molecule has 2 saturated carbocycles. The van der Waals surface area contributed by atoms with Gasteiger partial charge in [0, 0.05) is 6.04 Å². The van der Waals surface area contributed by atoms with Crippen molar-refractivity contribution < 1.29 is 9.90 Å². The Morgan fingerprint density at radius 3 is 2.00 bits per heavy atom.